The van der Waals surface area contributed by atoms with Crippen molar-refractivity contribution in [1.29, 1.82) is 0 Å². The zero-order chi connectivity index (χ0) is 33.3. The summed E-state index contributed by atoms with van der Waals surface area (Å²) in [5.41, 5.74) is 0. The maximum atomic E-state index is 12.1. The molecule has 1 N–H and O–H groups in total. The van der Waals surface area contributed by atoms with E-state index in [0.717, 1.165) is 48.5 Å². The molecule has 2 aliphatic rings. The lowest BCUT2D eigenvalue weighted by Gasteiger charge is -2.47. The Morgan fingerprint density at radius 1 is 0.477 bits per heavy atom. The Morgan fingerprint density at radius 2 is 0.818 bits per heavy atom. The van der Waals surface area contributed by atoms with Crippen LogP contribution in [0.3, 0.4) is 0 Å². The summed E-state index contributed by atoms with van der Waals surface area (Å²) in [5.74, 6) is -6.00. The Balaban J connectivity index is 2.61. The third-order valence-corrected chi connectivity index (χ3v) is 5.89. The normalized spacial score (nSPS) is 31.5. The van der Waals surface area contributed by atoms with E-state index in [9.17, 15) is 38.7 Å². The number of ether oxygens (including phenoxy) is 10. The minimum Gasteiger partial charge on any atom is -0.463 e. The fourth-order valence-electron chi connectivity index (χ4n) is 4.41. The van der Waals surface area contributed by atoms with Crippen LogP contribution in [0, 0.1) is 0 Å². The third-order valence-electron chi connectivity index (χ3n) is 5.89. The summed E-state index contributed by atoms with van der Waals surface area (Å²) in [6, 6.07) is 0. The maximum Gasteiger partial charge on any atom is 0.303 e. The van der Waals surface area contributed by atoms with Crippen molar-refractivity contribution in [3.8, 4) is 0 Å². The van der Waals surface area contributed by atoms with Crippen LogP contribution >= 0.6 is 0 Å². The van der Waals surface area contributed by atoms with Gasteiger partial charge in [0.1, 0.15) is 31.5 Å². The number of aliphatic hydroxyl groups excluding tert-OH is 1. The highest BCUT2D eigenvalue weighted by atomic mass is 16.8. The molecular weight excluding hydrogens is 600 g/mol. The van der Waals surface area contributed by atoms with Gasteiger partial charge in [-0.3, -0.25) is 33.6 Å². The van der Waals surface area contributed by atoms with Crippen molar-refractivity contribution in [3.63, 3.8) is 0 Å². The number of hydrogen-bond acceptors (Lipinski definition) is 18. The molecule has 18 nitrogen and oxygen atoms in total. The first kappa shape index (κ1) is 36.3. The van der Waals surface area contributed by atoms with Crippen molar-refractivity contribution in [1.82, 2.24) is 0 Å². The first-order valence-electron chi connectivity index (χ1n) is 13.3. The van der Waals surface area contributed by atoms with Crippen LogP contribution < -0.4 is 0 Å². The van der Waals surface area contributed by atoms with Crippen LogP contribution in [-0.4, -0.2) is 122 Å². The van der Waals surface area contributed by atoms with Crippen LogP contribution in [0.2, 0.25) is 0 Å². The second-order valence-electron chi connectivity index (χ2n) is 9.69. The number of aliphatic hydroxyl groups is 1. The van der Waals surface area contributed by atoms with Gasteiger partial charge >= 0.3 is 41.8 Å². The second-order valence-corrected chi connectivity index (χ2v) is 9.69. The molecule has 0 aromatic rings. The van der Waals surface area contributed by atoms with Crippen LogP contribution in [0.25, 0.3) is 0 Å². The molecule has 0 aliphatic carbocycles. The number of carbonyl (C=O) groups is 7. The smallest absolute Gasteiger partial charge is 0.303 e. The molecule has 0 saturated carbocycles. The second kappa shape index (κ2) is 16.3. The lowest BCUT2D eigenvalue weighted by molar-refractivity contribution is -0.377. The Kier molecular flexibility index (Phi) is 13.4. The molecule has 2 fully saturated rings. The summed E-state index contributed by atoms with van der Waals surface area (Å²) < 4.78 is 54.0. The molecular formula is C26H36O18. The molecule has 2 saturated heterocycles. The number of carbonyl (C=O) groups excluding carboxylic acids is 7. The molecule has 2 rings (SSSR count). The zero-order valence-corrected chi connectivity index (χ0v) is 25.1. The molecule has 248 valence electrons. The molecule has 10 atom stereocenters. The van der Waals surface area contributed by atoms with Gasteiger partial charge in [0, 0.05) is 48.5 Å². The van der Waals surface area contributed by atoms with Crippen LogP contribution in [0.15, 0.2) is 0 Å². The Bertz CT molecular complexity index is 1090. The summed E-state index contributed by atoms with van der Waals surface area (Å²) in [6.07, 6.45) is -16.3. The maximum absolute atomic E-state index is 12.1. The van der Waals surface area contributed by atoms with E-state index in [1.54, 1.807) is 0 Å². The van der Waals surface area contributed by atoms with E-state index in [4.69, 9.17) is 47.4 Å². The first-order valence-corrected chi connectivity index (χ1v) is 13.3. The topological polar surface area (TPSA) is 232 Å². The number of hydrogen-bond donors (Lipinski definition) is 1. The van der Waals surface area contributed by atoms with E-state index in [-0.39, 0.29) is 0 Å². The van der Waals surface area contributed by atoms with Crippen LogP contribution in [0.1, 0.15) is 48.5 Å². The highest BCUT2D eigenvalue weighted by Crippen LogP contribution is 2.34. The quantitative estimate of drug-likeness (QED) is 0.203. The van der Waals surface area contributed by atoms with Gasteiger partial charge in [-0.1, -0.05) is 0 Å². The highest BCUT2D eigenvalue weighted by molar-refractivity contribution is 5.69. The van der Waals surface area contributed by atoms with E-state index in [2.05, 4.69) is 0 Å². The molecule has 0 spiro atoms. The summed E-state index contributed by atoms with van der Waals surface area (Å²) in [5, 5.41) is 10.9. The molecule has 0 radical (unpaired) electrons. The van der Waals surface area contributed by atoms with E-state index < -0.39 is 116 Å². The van der Waals surface area contributed by atoms with Gasteiger partial charge in [0.25, 0.3) is 0 Å². The molecule has 0 aromatic heterocycles. The predicted molar refractivity (Wildman–Crippen MR) is 135 cm³/mol. The lowest BCUT2D eigenvalue weighted by atomic mass is 9.97. The lowest BCUT2D eigenvalue weighted by Crippen LogP contribution is -2.66. The molecule has 0 unspecified atom stereocenters. The average Bonchev–Trinajstić information content (AvgIpc) is 2.87. The monoisotopic (exact) mass is 636 g/mol. The third kappa shape index (κ3) is 10.7. The van der Waals surface area contributed by atoms with E-state index in [1.807, 2.05) is 0 Å². The molecule has 44 heavy (non-hydrogen) atoms. The first-order chi connectivity index (χ1) is 20.5. The van der Waals surface area contributed by atoms with Crippen molar-refractivity contribution >= 4 is 41.8 Å². The Hall–Kier alpha value is -3.87. The van der Waals surface area contributed by atoms with Gasteiger partial charge in [0.2, 0.25) is 12.6 Å². The molecule has 2 aliphatic heterocycles. The molecule has 0 aromatic carbocycles. The van der Waals surface area contributed by atoms with Crippen LogP contribution in [0.4, 0.5) is 0 Å². The number of esters is 7. The van der Waals surface area contributed by atoms with E-state index >= 15 is 0 Å². The fourth-order valence-corrected chi connectivity index (χ4v) is 4.41. The van der Waals surface area contributed by atoms with Gasteiger partial charge in [-0.25, -0.2) is 0 Å². The summed E-state index contributed by atoms with van der Waals surface area (Å²) >= 11 is 0. The standard InChI is InChI=1S/C26H36O18/c1-10(27)35-8-17-19(34)21(38-13(4)30)23(40-15(6)32)25(42-17)44-26-24(41-16(7)33)22(39-14(5)31)20(37-12(3)29)18(43-26)9-36-11(2)28/h17-26,34H,8-9H2,1-7H3/t17-,18-,19-,20-,21+,22+,23-,24-,25+,26-/m1/s1. The number of rotatable bonds is 11. The minimum absolute atomic E-state index is 0.569. The van der Waals surface area contributed by atoms with Crippen molar-refractivity contribution in [3.05, 3.63) is 0 Å². The average molecular weight is 637 g/mol. The van der Waals surface area contributed by atoms with Crippen molar-refractivity contribution < 1.29 is 86.0 Å². The highest BCUT2D eigenvalue weighted by Gasteiger charge is 2.56. The molecule has 0 bridgehead atoms. The van der Waals surface area contributed by atoms with Gasteiger partial charge in [-0.2, -0.15) is 0 Å². The van der Waals surface area contributed by atoms with E-state index in [1.165, 1.54) is 0 Å². The van der Waals surface area contributed by atoms with Gasteiger partial charge in [-0.05, 0) is 0 Å². The SMILES string of the molecule is CC(=O)OC[C@H]1O[C@@H](O[C@H]2O[C@H](COC(C)=O)[C@@H](OC(C)=O)[C@H](OC(C)=O)[C@H]2OC(C)=O)[C@H](OC(C)=O)[C@@H](OC(C)=O)[C@@H]1O. The predicted octanol–water partition coefficient (Wildman–Crippen LogP) is -1.40. The van der Waals surface area contributed by atoms with E-state index in [0.29, 0.717) is 0 Å². The zero-order valence-electron chi connectivity index (χ0n) is 25.1. The molecule has 18 heteroatoms. The van der Waals surface area contributed by atoms with Crippen LogP contribution in [-0.2, 0) is 80.9 Å². The summed E-state index contributed by atoms with van der Waals surface area (Å²) in [6.45, 7) is 6.14. The van der Waals surface area contributed by atoms with Crippen LogP contribution in [0.5, 0.6) is 0 Å². The summed E-state index contributed by atoms with van der Waals surface area (Å²) in [4.78, 5) is 83.2. The Morgan fingerprint density at radius 3 is 1.25 bits per heavy atom. The van der Waals surface area contributed by atoms with Crippen molar-refractivity contribution in [2.75, 3.05) is 13.2 Å². The van der Waals surface area contributed by atoms with Gasteiger partial charge in [0.05, 0.1) is 0 Å². The van der Waals surface area contributed by atoms with Gasteiger partial charge in [-0.15, -0.1) is 0 Å². The Labute approximate surface area is 251 Å². The largest absolute Gasteiger partial charge is 0.463 e. The van der Waals surface area contributed by atoms with Gasteiger partial charge < -0.3 is 52.5 Å². The molecule has 2 heterocycles. The molecule has 0 amide bonds. The summed E-state index contributed by atoms with van der Waals surface area (Å²) in [7, 11) is 0. The van der Waals surface area contributed by atoms with Crippen molar-refractivity contribution in [2.24, 2.45) is 0 Å². The van der Waals surface area contributed by atoms with Crippen molar-refractivity contribution in [2.45, 2.75) is 110 Å². The fraction of sp³-hybridized carbons (Fsp3) is 0.731. The minimum atomic E-state index is -1.80. The van der Waals surface area contributed by atoms with Gasteiger partial charge in [0.15, 0.2) is 30.5 Å².